The molecule has 4 rings (SSSR count). The van der Waals surface area contributed by atoms with E-state index in [-0.39, 0.29) is 24.6 Å². The van der Waals surface area contributed by atoms with E-state index in [0.29, 0.717) is 22.9 Å². The summed E-state index contributed by atoms with van der Waals surface area (Å²) >= 11 is 12.7. The minimum absolute atomic E-state index is 0.0449. The first-order valence-electron chi connectivity index (χ1n) is 14.3. The summed E-state index contributed by atoms with van der Waals surface area (Å²) in [6, 6.07) is 13.1. The summed E-state index contributed by atoms with van der Waals surface area (Å²) in [5.74, 6) is -1.67. The average Bonchev–Trinajstić information content (AvgIpc) is 3.82. The first-order valence-corrected chi connectivity index (χ1v) is 18.4. The monoisotopic (exact) mass is 688 g/mol. The lowest BCUT2D eigenvalue weighted by atomic mass is 9.66. The van der Waals surface area contributed by atoms with Crippen molar-refractivity contribution in [1.29, 1.82) is 0 Å². The normalized spacial score (nSPS) is 23.5. The molecule has 1 aliphatic carbocycles. The molecule has 1 aliphatic heterocycles. The minimum Gasteiger partial charge on any atom is -0.469 e. The summed E-state index contributed by atoms with van der Waals surface area (Å²) in [4.78, 5) is 29.2. The van der Waals surface area contributed by atoms with Crippen LogP contribution in [-0.2, 0) is 38.7 Å². The van der Waals surface area contributed by atoms with E-state index in [1.54, 1.807) is 35.2 Å². The van der Waals surface area contributed by atoms with E-state index in [1.165, 1.54) is 18.5 Å². The van der Waals surface area contributed by atoms with Crippen LogP contribution in [0, 0.1) is 5.41 Å². The van der Waals surface area contributed by atoms with Crippen LogP contribution in [0.3, 0.4) is 0 Å². The molecule has 0 unspecified atom stereocenters. The van der Waals surface area contributed by atoms with Crippen LogP contribution >= 0.6 is 23.2 Å². The Balaban J connectivity index is 1.85. The van der Waals surface area contributed by atoms with Crippen molar-refractivity contribution in [3.8, 4) is 0 Å². The summed E-state index contributed by atoms with van der Waals surface area (Å²) in [6.45, 7) is 1.39. The molecule has 2 fully saturated rings. The third-order valence-electron chi connectivity index (χ3n) is 8.44. The van der Waals surface area contributed by atoms with Crippen molar-refractivity contribution in [2.24, 2.45) is 5.41 Å². The van der Waals surface area contributed by atoms with Gasteiger partial charge in [-0.15, -0.1) is 0 Å². The maximum atomic E-state index is 14.8. The molecule has 0 radical (unpaired) electrons. The Hall–Kier alpha value is -2.22. The molecule has 1 saturated heterocycles. The second-order valence-electron chi connectivity index (χ2n) is 11.8. The van der Waals surface area contributed by atoms with Crippen LogP contribution < -0.4 is 0 Å². The number of benzene rings is 2. The lowest BCUT2D eigenvalue weighted by Gasteiger charge is -2.52. The molecule has 10 nitrogen and oxygen atoms in total. The van der Waals surface area contributed by atoms with Gasteiger partial charge in [0.1, 0.15) is 0 Å². The summed E-state index contributed by atoms with van der Waals surface area (Å²) in [7, 11) is -4.72. The second-order valence-corrected chi connectivity index (χ2v) is 16.6. The highest BCUT2D eigenvalue weighted by Gasteiger charge is 2.55. The van der Waals surface area contributed by atoms with E-state index in [1.807, 2.05) is 25.1 Å². The van der Waals surface area contributed by atoms with Gasteiger partial charge >= 0.3 is 5.97 Å². The number of hydrogen-bond acceptors (Lipinski definition) is 8. The Morgan fingerprint density at radius 3 is 2.30 bits per heavy atom. The number of carbonyl (C=O) groups is 2. The number of nitrogens with zero attached hydrogens (tertiary/aromatic N) is 2. The third-order valence-corrected chi connectivity index (χ3v) is 11.8. The number of methoxy groups -OCH3 is 1. The predicted molar refractivity (Wildman–Crippen MR) is 168 cm³/mol. The first-order chi connectivity index (χ1) is 20.6. The number of likely N-dealkylation sites (tertiary alicyclic amines) is 1. The molecule has 0 bridgehead atoms. The number of amides is 1. The standard InChI is InChI=1S/C30H38Cl2N2O8S2/c1-20(14-15-33(2)44(39,40)25-12-13-25)34-28(21-8-10-23(31)11-9-21)26(22-6-5-7-24(32)16-22)17-30(29(34)36,18-27(35)41-3)19-42-43(4,37)38/h5-11,16,20,25-26,28H,12-15,17-19H2,1-4H3/t20-,26+,28+,30+/m0/s1. The van der Waals surface area contributed by atoms with E-state index in [4.69, 9.17) is 32.1 Å². The van der Waals surface area contributed by atoms with Gasteiger partial charge in [-0.1, -0.05) is 47.5 Å². The highest BCUT2D eigenvalue weighted by molar-refractivity contribution is 7.90. The lowest BCUT2D eigenvalue weighted by Crippen LogP contribution is -2.58. The quantitative estimate of drug-likeness (QED) is 0.217. The van der Waals surface area contributed by atoms with Gasteiger partial charge in [0.25, 0.3) is 10.1 Å². The number of piperidine rings is 1. The fourth-order valence-corrected chi connectivity index (χ4v) is 8.29. The summed E-state index contributed by atoms with van der Waals surface area (Å²) in [5, 5.41) is 0.587. The Labute approximate surface area is 269 Å². The van der Waals surface area contributed by atoms with Gasteiger partial charge in [0.05, 0.1) is 43.1 Å². The number of carbonyl (C=O) groups excluding carboxylic acids is 2. The van der Waals surface area contributed by atoms with Crippen molar-refractivity contribution in [3.05, 3.63) is 69.7 Å². The smallest absolute Gasteiger partial charge is 0.306 e. The largest absolute Gasteiger partial charge is 0.469 e. The number of esters is 1. The van der Waals surface area contributed by atoms with Crippen LogP contribution in [0.5, 0.6) is 0 Å². The van der Waals surface area contributed by atoms with Crippen molar-refractivity contribution in [3.63, 3.8) is 0 Å². The molecule has 2 aromatic rings. The highest BCUT2D eigenvalue weighted by Crippen LogP contribution is 2.52. The van der Waals surface area contributed by atoms with Gasteiger partial charge in [0.15, 0.2) is 0 Å². The van der Waals surface area contributed by atoms with Crippen LogP contribution in [0.15, 0.2) is 48.5 Å². The predicted octanol–water partition coefficient (Wildman–Crippen LogP) is 4.78. The second kappa shape index (κ2) is 13.6. The molecule has 0 aromatic heterocycles. The Morgan fingerprint density at radius 2 is 1.73 bits per heavy atom. The van der Waals surface area contributed by atoms with Crippen molar-refractivity contribution >= 4 is 55.2 Å². The minimum atomic E-state index is -4.00. The van der Waals surface area contributed by atoms with Gasteiger partial charge in [-0.3, -0.25) is 13.8 Å². The Kier molecular flexibility index (Phi) is 10.7. The molecule has 14 heteroatoms. The van der Waals surface area contributed by atoms with Crippen LogP contribution in [-0.4, -0.2) is 82.8 Å². The maximum absolute atomic E-state index is 14.8. The van der Waals surface area contributed by atoms with Gasteiger partial charge in [0, 0.05) is 35.6 Å². The van der Waals surface area contributed by atoms with Crippen LogP contribution in [0.2, 0.25) is 10.0 Å². The summed E-state index contributed by atoms with van der Waals surface area (Å²) in [5.41, 5.74) is -0.0924. The molecular weight excluding hydrogens is 651 g/mol. The zero-order valence-electron chi connectivity index (χ0n) is 25.1. The molecule has 242 valence electrons. The number of rotatable bonds is 13. The van der Waals surface area contributed by atoms with E-state index in [2.05, 4.69) is 0 Å². The Bertz CT molecular complexity index is 1580. The van der Waals surface area contributed by atoms with Crippen LogP contribution in [0.25, 0.3) is 0 Å². The van der Waals surface area contributed by atoms with E-state index >= 15 is 0 Å². The Morgan fingerprint density at radius 1 is 1.07 bits per heavy atom. The van der Waals surface area contributed by atoms with E-state index < -0.39 is 68.5 Å². The third kappa shape index (κ3) is 7.94. The molecule has 1 saturated carbocycles. The van der Waals surface area contributed by atoms with Gasteiger partial charge < -0.3 is 9.64 Å². The zero-order chi connectivity index (χ0) is 32.4. The van der Waals surface area contributed by atoms with Gasteiger partial charge in [-0.05, 0) is 68.0 Å². The maximum Gasteiger partial charge on any atom is 0.306 e. The lowest BCUT2D eigenvalue weighted by molar-refractivity contribution is -0.165. The number of ether oxygens (including phenoxy) is 1. The summed E-state index contributed by atoms with van der Waals surface area (Å²) < 4.78 is 61.6. The molecule has 1 amide bonds. The molecule has 0 N–H and O–H groups in total. The van der Waals surface area contributed by atoms with E-state index in [9.17, 15) is 26.4 Å². The zero-order valence-corrected chi connectivity index (χ0v) is 28.3. The van der Waals surface area contributed by atoms with Crippen LogP contribution in [0.1, 0.15) is 62.1 Å². The van der Waals surface area contributed by atoms with Gasteiger partial charge in [0.2, 0.25) is 15.9 Å². The molecule has 1 heterocycles. The van der Waals surface area contributed by atoms with Gasteiger partial charge in [-0.2, -0.15) is 8.42 Å². The van der Waals surface area contributed by atoms with Crippen molar-refractivity contribution in [1.82, 2.24) is 9.21 Å². The SMILES string of the molecule is COC(=O)C[C@@]1(COS(C)(=O)=O)C[C@H](c2cccc(Cl)c2)[C@@H](c2ccc(Cl)cc2)N([C@@H](C)CCN(C)S(=O)(=O)C2CC2)C1=O. The molecule has 44 heavy (non-hydrogen) atoms. The fourth-order valence-electron chi connectivity index (χ4n) is 5.92. The number of halogens is 2. The van der Waals surface area contributed by atoms with Crippen molar-refractivity contribution < 1.29 is 35.3 Å². The molecule has 2 aliphatic rings. The fraction of sp³-hybridized carbons (Fsp3) is 0.533. The first kappa shape index (κ1) is 34.6. The number of hydrogen-bond donors (Lipinski definition) is 0. The molecule has 2 aromatic carbocycles. The van der Waals surface area contributed by atoms with Crippen LogP contribution in [0.4, 0.5) is 0 Å². The highest BCUT2D eigenvalue weighted by atomic mass is 35.5. The molecular formula is C30H38Cl2N2O8S2. The summed E-state index contributed by atoms with van der Waals surface area (Å²) in [6.07, 6.45) is 2.03. The number of sulfonamides is 1. The topological polar surface area (TPSA) is 127 Å². The van der Waals surface area contributed by atoms with E-state index in [0.717, 1.165) is 17.4 Å². The molecule has 0 spiro atoms. The van der Waals surface area contributed by atoms with Crippen molar-refractivity contribution in [2.45, 2.75) is 62.3 Å². The molecule has 4 atom stereocenters. The average molecular weight is 690 g/mol. The van der Waals surface area contributed by atoms with Gasteiger partial charge in [-0.25, -0.2) is 12.7 Å². The van der Waals surface area contributed by atoms with Crippen molar-refractivity contribution in [2.75, 3.05) is 33.6 Å².